The SMILES string of the molecule is O=C(/C=C/c1ccccc1Cl)Oc1c(F)c(F)c(F)c(F)c1F. The number of carbonyl (C=O) groups is 1. The van der Waals surface area contributed by atoms with Gasteiger partial charge >= 0.3 is 5.97 Å². The summed E-state index contributed by atoms with van der Waals surface area (Å²) in [5.41, 5.74) is 0.392. The van der Waals surface area contributed by atoms with E-state index >= 15 is 0 Å². The molecule has 0 bridgehead atoms. The van der Waals surface area contributed by atoms with Crippen LogP contribution in [0.5, 0.6) is 5.75 Å². The number of carbonyl (C=O) groups excluding carboxylic acids is 1. The predicted octanol–water partition coefficient (Wildman–Crippen LogP) is 4.65. The third-order valence-corrected chi connectivity index (χ3v) is 3.02. The molecular formula is C15H6ClF5O2. The first kappa shape index (κ1) is 17.0. The molecule has 0 fully saturated rings. The fourth-order valence-corrected chi connectivity index (χ4v) is 1.78. The van der Waals surface area contributed by atoms with Crippen molar-refractivity contribution in [1.82, 2.24) is 0 Å². The van der Waals surface area contributed by atoms with E-state index in [1.807, 2.05) is 0 Å². The predicted molar refractivity (Wildman–Crippen MR) is 72.4 cm³/mol. The molecule has 120 valence electrons. The first-order valence-corrected chi connectivity index (χ1v) is 6.36. The van der Waals surface area contributed by atoms with E-state index in [4.69, 9.17) is 11.6 Å². The molecule has 0 amide bonds. The lowest BCUT2D eigenvalue weighted by Crippen LogP contribution is -2.11. The average Bonchev–Trinajstić information content (AvgIpc) is 2.54. The Morgan fingerprint density at radius 1 is 0.913 bits per heavy atom. The van der Waals surface area contributed by atoms with E-state index in [1.54, 1.807) is 12.1 Å². The average molecular weight is 349 g/mol. The van der Waals surface area contributed by atoms with E-state index in [0.717, 1.165) is 12.2 Å². The number of benzene rings is 2. The van der Waals surface area contributed by atoms with Crippen LogP contribution in [-0.4, -0.2) is 5.97 Å². The van der Waals surface area contributed by atoms with Gasteiger partial charge in [0.1, 0.15) is 0 Å². The highest BCUT2D eigenvalue weighted by atomic mass is 35.5. The van der Waals surface area contributed by atoms with Crippen LogP contribution in [0.25, 0.3) is 6.08 Å². The molecule has 2 aromatic carbocycles. The van der Waals surface area contributed by atoms with Gasteiger partial charge in [0.25, 0.3) is 0 Å². The molecule has 8 heteroatoms. The highest BCUT2D eigenvalue weighted by molar-refractivity contribution is 6.32. The standard InChI is InChI=1S/C15H6ClF5O2/c16-8-4-2-1-3-7(8)5-6-9(22)23-15-13(20)11(18)10(17)12(19)14(15)21/h1-6H/b6-5+. The van der Waals surface area contributed by atoms with Gasteiger partial charge in [-0.25, -0.2) is 18.0 Å². The van der Waals surface area contributed by atoms with Gasteiger partial charge in [0.15, 0.2) is 0 Å². The molecule has 0 aliphatic heterocycles. The van der Waals surface area contributed by atoms with Gasteiger partial charge in [-0.1, -0.05) is 29.8 Å². The van der Waals surface area contributed by atoms with Crippen LogP contribution in [0.3, 0.4) is 0 Å². The molecule has 0 heterocycles. The van der Waals surface area contributed by atoms with Crippen LogP contribution in [0.15, 0.2) is 30.3 Å². The monoisotopic (exact) mass is 348 g/mol. The van der Waals surface area contributed by atoms with Gasteiger partial charge in [0.2, 0.25) is 34.8 Å². The summed E-state index contributed by atoms with van der Waals surface area (Å²) >= 11 is 5.81. The Morgan fingerprint density at radius 3 is 2.00 bits per heavy atom. The second kappa shape index (κ2) is 6.78. The molecule has 0 atom stereocenters. The summed E-state index contributed by atoms with van der Waals surface area (Å²) < 4.78 is 69.7. The lowest BCUT2D eigenvalue weighted by atomic mass is 10.2. The second-order valence-electron chi connectivity index (χ2n) is 4.17. The fraction of sp³-hybridized carbons (Fsp3) is 0. The molecule has 2 nitrogen and oxygen atoms in total. The minimum Gasteiger partial charge on any atom is -0.417 e. The van der Waals surface area contributed by atoms with Crippen molar-refractivity contribution in [2.45, 2.75) is 0 Å². The molecule has 0 radical (unpaired) electrons. The van der Waals surface area contributed by atoms with E-state index in [-0.39, 0.29) is 5.02 Å². The summed E-state index contributed by atoms with van der Waals surface area (Å²) in [6, 6.07) is 6.30. The Labute approximate surface area is 131 Å². The smallest absolute Gasteiger partial charge is 0.336 e. The molecule has 0 N–H and O–H groups in total. The Kier molecular flexibility index (Phi) is 5.00. The molecule has 0 aliphatic rings. The number of rotatable bonds is 3. The second-order valence-corrected chi connectivity index (χ2v) is 4.58. The maximum Gasteiger partial charge on any atom is 0.336 e. The van der Waals surface area contributed by atoms with Gasteiger partial charge in [-0.05, 0) is 17.7 Å². The normalized spacial score (nSPS) is 11.0. The maximum absolute atomic E-state index is 13.3. The van der Waals surface area contributed by atoms with Crippen molar-refractivity contribution >= 4 is 23.6 Å². The number of hydrogen-bond donors (Lipinski definition) is 0. The van der Waals surface area contributed by atoms with Crippen LogP contribution < -0.4 is 4.74 Å². The zero-order valence-electron chi connectivity index (χ0n) is 11.0. The largest absolute Gasteiger partial charge is 0.417 e. The summed E-state index contributed by atoms with van der Waals surface area (Å²) in [7, 11) is 0. The molecule has 23 heavy (non-hydrogen) atoms. The van der Waals surface area contributed by atoms with Gasteiger partial charge in [0, 0.05) is 11.1 Å². The summed E-state index contributed by atoms with van der Waals surface area (Å²) in [4.78, 5) is 11.5. The Morgan fingerprint density at radius 2 is 1.43 bits per heavy atom. The van der Waals surface area contributed by atoms with Crippen LogP contribution in [0.2, 0.25) is 5.02 Å². The Balaban J connectivity index is 2.27. The first-order chi connectivity index (χ1) is 10.8. The van der Waals surface area contributed by atoms with Crippen molar-refractivity contribution < 1.29 is 31.5 Å². The number of hydrogen-bond acceptors (Lipinski definition) is 2. The van der Waals surface area contributed by atoms with Gasteiger partial charge in [0.05, 0.1) is 0 Å². The Bertz CT molecular complexity index is 776. The van der Waals surface area contributed by atoms with Crippen molar-refractivity contribution in [3.8, 4) is 5.75 Å². The maximum atomic E-state index is 13.3. The zero-order valence-corrected chi connectivity index (χ0v) is 11.8. The fourth-order valence-electron chi connectivity index (χ4n) is 1.58. The van der Waals surface area contributed by atoms with Crippen molar-refractivity contribution in [3.63, 3.8) is 0 Å². The van der Waals surface area contributed by atoms with Gasteiger partial charge < -0.3 is 4.74 Å². The Hall–Kier alpha value is -2.41. The third kappa shape index (κ3) is 3.50. The molecule has 0 saturated carbocycles. The van der Waals surface area contributed by atoms with E-state index in [2.05, 4.69) is 4.74 Å². The van der Waals surface area contributed by atoms with E-state index in [0.29, 0.717) is 5.56 Å². The molecule has 0 unspecified atom stereocenters. The minimum absolute atomic E-state index is 0.285. The molecule has 0 saturated heterocycles. The van der Waals surface area contributed by atoms with E-state index < -0.39 is 40.8 Å². The van der Waals surface area contributed by atoms with Gasteiger partial charge in [-0.2, -0.15) is 8.78 Å². The highest BCUT2D eigenvalue weighted by Gasteiger charge is 2.28. The van der Waals surface area contributed by atoms with E-state index in [1.165, 1.54) is 12.1 Å². The third-order valence-electron chi connectivity index (χ3n) is 2.68. The molecule has 2 aromatic rings. The van der Waals surface area contributed by atoms with Crippen LogP contribution in [0.4, 0.5) is 22.0 Å². The van der Waals surface area contributed by atoms with Crippen molar-refractivity contribution in [2.24, 2.45) is 0 Å². The molecule has 0 aliphatic carbocycles. The van der Waals surface area contributed by atoms with Crippen molar-refractivity contribution in [3.05, 3.63) is 70.0 Å². The quantitative estimate of drug-likeness (QED) is 0.201. The van der Waals surface area contributed by atoms with Crippen molar-refractivity contribution in [1.29, 1.82) is 0 Å². The topological polar surface area (TPSA) is 26.3 Å². The summed E-state index contributed by atoms with van der Waals surface area (Å²) in [6.45, 7) is 0. The lowest BCUT2D eigenvalue weighted by molar-refractivity contribution is -0.129. The zero-order chi connectivity index (χ0) is 17.1. The molecule has 0 aromatic heterocycles. The lowest BCUT2D eigenvalue weighted by Gasteiger charge is -2.07. The summed E-state index contributed by atoms with van der Waals surface area (Å²) in [5.74, 6) is -14.2. The van der Waals surface area contributed by atoms with Crippen LogP contribution in [0.1, 0.15) is 5.56 Å². The minimum atomic E-state index is -2.34. The van der Waals surface area contributed by atoms with Crippen LogP contribution in [0, 0.1) is 29.1 Å². The highest BCUT2D eigenvalue weighted by Crippen LogP contribution is 2.29. The first-order valence-electron chi connectivity index (χ1n) is 5.98. The summed E-state index contributed by atoms with van der Waals surface area (Å²) in [6.07, 6.45) is 1.90. The van der Waals surface area contributed by atoms with Crippen LogP contribution >= 0.6 is 11.6 Å². The van der Waals surface area contributed by atoms with Gasteiger partial charge in [-0.15, -0.1) is 0 Å². The number of ether oxygens (including phenoxy) is 1. The summed E-state index contributed by atoms with van der Waals surface area (Å²) in [5, 5.41) is 0.285. The molecule has 0 spiro atoms. The number of esters is 1. The van der Waals surface area contributed by atoms with E-state index in [9.17, 15) is 26.7 Å². The molecular weight excluding hydrogens is 343 g/mol. The van der Waals surface area contributed by atoms with Crippen LogP contribution in [-0.2, 0) is 4.79 Å². The number of halogens is 6. The van der Waals surface area contributed by atoms with Crippen molar-refractivity contribution in [2.75, 3.05) is 0 Å². The molecule has 2 rings (SSSR count). The van der Waals surface area contributed by atoms with Gasteiger partial charge in [-0.3, -0.25) is 0 Å².